The molecule has 0 aliphatic heterocycles. The second kappa shape index (κ2) is 5.28. The number of fused-ring (bicyclic) bond motifs is 1. The van der Waals surface area contributed by atoms with E-state index in [1.54, 1.807) is 25.1 Å². The highest BCUT2D eigenvalue weighted by Crippen LogP contribution is 2.18. The Labute approximate surface area is 124 Å². The van der Waals surface area contributed by atoms with Gasteiger partial charge in [-0.1, -0.05) is 11.2 Å². The van der Waals surface area contributed by atoms with E-state index in [4.69, 9.17) is 9.63 Å². The first kappa shape index (κ1) is 13.7. The number of carbonyl (C=O) groups excluding carboxylic acids is 1. The molecule has 2 N–H and O–H groups in total. The summed E-state index contributed by atoms with van der Waals surface area (Å²) in [6.45, 7) is 1.76. The summed E-state index contributed by atoms with van der Waals surface area (Å²) in [5.74, 6) is -1.45. The summed E-state index contributed by atoms with van der Waals surface area (Å²) in [5.41, 5.74) is 1.83. The summed E-state index contributed by atoms with van der Waals surface area (Å²) >= 11 is 0. The molecule has 0 radical (unpaired) electrons. The van der Waals surface area contributed by atoms with E-state index in [2.05, 4.69) is 15.5 Å². The van der Waals surface area contributed by atoms with Crippen molar-refractivity contribution in [3.63, 3.8) is 0 Å². The minimum absolute atomic E-state index is 0.0984. The fraction of sp³-hybridized carbons (Fsp3) is 0.0667. The molecule has 0 aliphatic rings. The number of anilines is 1. The fourth-order valence-electron chi connectivity index (χ4n) is 2.00. The summed E-state index contributed by atoms with van der Waals surface area (Å²) in [7, 11) is 0. The molecule has 0 bridgehead atoms. The van der Waals surface area contributed by atoms with Crippen molar-refractivity contribution in [3.8, 4) is 0 Å². The second-order valence-corrected chi connectivity index (χ2v) is 4.68. The molecule has 0 atom stereocenters. The number of carboxylic acids is 1. The molecule has 3 aromatic rings. The van der Waals surface area contributed by atoms with Crippen LogP contribution in [-0.2, 0) is 0 Å². The molecule has 7 heteroatoms. The Balaban J connectivity index is 1.88. The Hall–Kier alpha value is -3.22. The Morgan fingerprint density at radius 3 is 2.82 bits per heavy atom. The molecule has 1 aromatic carbocycles. The maximum Gasteiger partial charge on any atom is 0.335 e. The van der Waals surface area contributed by atoms with Crippen LogP contribution in [0.1, 0.15) is 26.4 Å². The van der Waals surface area contributed by atoms with Gasteiger partial charge < -0.3 is 14.9 Å². The van der Waals surface area contributed by atoms with Gasteiger partial charge in [-0.15, -0.1) is 0 Å². The Morgan fingerprint density at radius 2 is 2.05 bits per heavy atom. The van der Waals surface area contributed by atoms with Crippen molar-refractivity contribution in [2.75, 3.05) is 5.32 Å². The van der Waals surface area contributed by atoms with Crippen LogP contribution in [0.15, 0.2) is 41.1 Å². The maximum absolute atomic E-state index is 12.2. The highest BCUT2D eigenvalue weighted by Gasteiger charge is 2.12. The Kier molecular flexibility index (Phi) is 3.30. The van der Waals surface area contributed by atoms with E-state index in [1.807, 2.05) is 0 Å². The molecule has 2 heterocycles. The average Bonchev–Trinajstić information content (AvgIpc) is 2.88. The van der Waals surface area contributed by atoms with Crippen LogP contribution in [-0.4, -0.2) is 27.1 Å². The molecule has 0 saturated heterocycles. The van der Waals surface area contributed by atoms with Gasteiger partial charge in [0.2, 0.25) is 0 Å². The largest absolute Gasteiger partial charge is 0.478 e. The van der Waals surface area contributed by atoms with Crippen molar-refractivity contribution < 1.29 is 19.2 Å². The van der Waals surface area contributed by atoms with Crippen LogP contribution < -0.4 is 5.32 Å². The number of aromatic carboxylic acids is 1. The van der Waals surface area contributed by atoms with E-state index in [-0.39, 0.29) is 5.56 Å². The van der Waals surface area contributed by atoms with Crippen LogP contribution in [0.2, 0.25) is 0 Å². The monoisotopic (exact) mass is 297 g/mol. The normalized spacial score (nSPS) is 10.6. The molecule has 1 amide bonds. The van der Waals surface area contributed by atoms with Crippen LogP contribution in [0.4, 0.5) is 5.69 Å². The number of aryl methyl sites for hydroxylation is 1. The Morgan fingerprint density at radius 1 is 1.23 bits per heavy atom. The van der Waals surface area contributed by atoms with Crippen molar-refractivity contribution in [1.82, 2.24) is 10.1 Å². The number of hydrogen-bond donors (Lipinski definition) is 2. The smallest absolute Gasteiger partial charge is 0.335 e. The summed E-state index contributed by atoms with van der Waals surface area (Å²) in [4.78, 5) is 27.2. The van der Waals surface area contributed by atoms with Crippen molar-refractivity contribution in [3.05, 3.63) is 53.3 Å². The van der Waals surface area contributed by atoms with Crippen LogP contribution in [0.3, 0.4) is 0 Å². The third-order valence-corrected chi connectivity index (χ3v) is 3.14. The SMILES string of the molecule is Cc1noc2ncc(C(=O)Nc3cccc(C(=O)O)c3)cc12. The fourth-order valence-corrected chi connectivity index (χ4v) is 2.00. The standard InChI is InChI=1S/C15H11N3O4/c1-8-12-6-10(7-16-14(12)22-18-8)13(19)17-11-4-2-3-9(5-11)15(20)21/h2-7H,1H3,(H,17,19)(H,20,21). The van der Waals surface area contributed by atoms with E-state index < -0.39 is 11.9 Å². The molecule has 0 aliphatic carbocycles. The van der Waals surface area contributed by atoms with Gasteiger partial charge in [-0.05, 0) is 31.2 Å². The molecule has 110 valence electrons. The van der Waals surface area contributed by atoms with Gasteiger partial charge >= 0.3 is 5.97 Å². The van der Waals surface area contributed by atoms with Gasteiger partial charge in [0.15, 0.2) is 0 Å². The van der Waals surface area contributed by atoms with Crippen molar-refractivity contribution in [2.24, 2.45) is 0 Å². The predicted molar refractivity (Wildman–Crippen MR) is 77.9 cm³/mol. The minimum Gasteiger partial charge on any atom is -0.478 e. The first-order chi connectivity index (χ1) is 10.5. The molecule has 0 fully saturated rings. The molecule has 0 saturated carbocycles. The topological polar surface area (TPSA) is 105 Å². The molecule has 7 nitrogen and oxygen atoms in total. The lowest BCUT2D eigenvalue weighted by Gasteiger charge is -2.05. The van der Waals surface area contributed by atoms with Gasteiger partial charge in [-0.3, -0.25) is 4.79 Å². The van der Waals surface area contributed by atoms with Gasteiger partial charge in [-0.25, -0.2) is 9.78 Å². The zero-order valence-electron chi connectivity index (χ0n) is 11.5. The van der Waals surface area contributed by atoms with Crippen molar-refractivity contribution in [2.45, 2.75) is 6.92 Å². The lowest BCUT2D eigenvalue weighted by Crippen LogP contribution is -2.12. The highest BCUT2D eigenvalue weighted by molar-refractivity contribution is 6.06. The number of nitrogens with one attached hydrogen (secondary N) is 1. The average molecular weight is 297 g/mol. The van der Waals surface area contributed by atoms with Gasteiger partial charge in [0, 0.05) is 11.9 Å². The van der Waals surface area contributed by atoms with E-state index in [1.165, 1.54) is 18.3 Å². The predicted octanol–water partition coefficient (Wildman–Crippen LogP) is 2.48. The van der Waals surface area contributed by atoms with E-state index in [9.17, 15) is 9.59 Å². The van der Waals surface area contributed by atoms with Crippen LogP contribution in [0, 0.1) is 6.92 Å². The number of pyridine rings is 1. The molecular formula is C15H11N3O4. The van der Waals surface area contributed by atoms with Crippen LogP contribution in [0.5, 0.6) is 0 Å². The number of carbonyl (C=O) groups is 2. The summed E-state index contributed by atoms with van der Waals surface area (Å²) in [6, 6.07) is 7.64. The lowest BCUT2D eigenvalue weighted by molar-refractivity contribution is 0.0696. The van der Waals surface area contributed by atoms with Crippen molar-refractivity contribution in [1.29, 1.82) is 0 Å². The molecule has 2 aromatic heterocycles. The summed E-state index contributed by atoms with van der Waals surface area (Å²) in [6.07, 6.45) is 1.38. The van der Waals surface area contributed by atoms with Crippen LogP contribution >= 0.6 is 0 Å². The number of aromatic nitrogens is 2. The lowest BCUT2D eigenvalue weighted by atomic mass is 10.1. The van der Waals surface area contributed by atoms with E-state index in [0.717, 1.165) is 0 Å². The number of nitrogens with zero attached hydrogens (tertiary/aromatic N) is 2. The zero-order chi connectivity index (χ0) is 15.7. The zero-order valence-corrected chi connectivity index (χ0v) is 11.5. The number of amides is 1. The molecule has 22 heavy (non-hydrogen) atoms. The molecule has 0 unspecified atom stereocenters. The first-order valence-corrected chi connectivity index (χ1v) is 6.41. The Bertz CT molecular complexity index is 885. The van der Waals surface area contributed by atoms with Crippen molar-refractivity contribution >= 4 is 28.7 Å². The van der Waals surface area contributed by atoms with Gasteiger partial charge in [0.05, 0.1) is 22.2 Å². The minimum atomic E-state index is -1.06. The van der Waals surface area contributed by atoms with Gasteiger partial charge in [0.1, 0.15) is 0 Å². The first-order valence-electron chi connectivity index (χ1n) is 6.41. The third-order valence-electron chi connectivity index (χ3n) is 3.14. The molecule has 3 rings (SSSR count). The number of carboxylic acid groups (broad SMARTS) is 1. The highest BCUT2D eigenvalue weighted by atomic mass is 16.5. The maximum atomic E-state index is 12.2. The molecule has 0 spiro atoms. The second-order valence-electron chi connectivity index (χ2n) is 4.68. The quantitative estimate of drug-likeness (QED) is 0.769. The summed E-state index contributed by atoms with van der Waals surface area (Å²) in [5, 5.41) is 16.0. The van der Waals surface area contributed by atoms with Gasteiger partial charge in [-0.2, -0.15) is 0 Å². The third kappa shape index (κ3) is 2.51. The van der Waals surface area contributed by atoms with Gasteiger partial charge in [0.25, 0.3) is 11.6 Å². The van der Waals surface area contributed by atoms with Crippen LogP contribution in [0.25, 0.3) is 11.1 Å². The summed E-state index contributed by atoms with van der Waals surface area (Å²) < 4.78 is 4.99. The number of benzene rings is 1. The molecular weight excluding hydrogens is 286 g/mol. The van der Waals surface area contributed by atoms with E-state index in [0.29, 0.717) is 28.0 Å². The number of rotatable bonds is 3. The number of hydrogen-bond acceptors (Lipinski definition) is 5. The van der Waals surface area contributed by atoms with E-state index >= 15 is 0 Å².